The molecule has 1 unspecified atom stereocenters. The highest BCUT2D eigenvalue weighted by atomic mass is 32.2. The number of rotatable bonds is 3. The molecule has 3 rings (SSSR count). The summed E-state index contributed by atoms with van der Waals surface area (Å²) >= 11 is 0. The van der Waals surface area contributed by atoms with Gasteiger partial charge in [-0.1, -0.05) is 0 Å². The molecule has 2 heterocycles. The molecule has 2 aliphatic rings. The lowest BCUT2D eigenvalue weighted by molar-refractivity contribution is 0.0701. The molecule has 21 heavy (non-hydrogen) atoms. The van der Waals surface area contributed by atoms with E-state index in [-0.39, 0.29) is 23.5 Å². The highest BCUT2D eigenvalue weighted by Crippen LogP contribution is 2.25. The van der Waals surface area contributed by atoms with E-state index in [9.17, 15) is 13.2 Å². The van der Waals surface area contributed by atoms with Crippen LogP contribution in [0, 0.1) is 0 Å². The second-order valence-corrected chi connectivity index (χ2v) is 8.11. The Kier molecular flexibility index (Phi) is 3.77. The Morgan fingerprint density at radius 3 is 2.81 bits per heavy atom. The summed E-state index contributed by atoms with van der Waals surface area (Å²) in [6, 6.07) is -0.205. The van der Waals surface area contributed by atoms with E-state index in [4.69, 9.17) is 0 Å². The zero-order chi connectivity index (χ0) is 15.0. The molecular weight excluding hydrogens is 290 g/mol. The predicted octanol–water partition coefficient (Wildman–Crippen LogP) is 0.938. The van der Waals surface area contributed by atoms with Crippen LogP contribution in [0.5, 0.6) is 0 Å². The van der Waals surface area contributed by atoms with Crippen LogP contribution < -0.4 is 0 Å². The molecule has 0 aromatic carbocycles. The van der Waals surface area contributed by atoms with Crippen LogP contribution in [0.15, 0.2) is 0 Å². The fourth-order valence-corrected chi connectivity index (χ4v) is 5.11. The number of aromatic nitrogens is 2. The van der Waals surface area contributed by atoms with E-state index in [1.54, 1.807) is 4.90 Å². The van der Waals surface area contributed by atoms with Crippen LogP contribution in [-0.2, 0) is 22.7 Å². The van der Waals surface area contributed by atoms with Crippen molar-refractivity contribution in [3.63, 3.8) is 0 Å². The molecule has 0 saturated carbocycles. The first kappa shape index (κ1) is 14.6. The number of nitrogens with one attached hydrogen (secondary N) is 1. The number of hydrogen-bond acceptors (Lipinski definition) is 4. The van der Waals surface area contributed by atoms with E-state index in [1.165, 1.54) is 0 Å². The number of aromatic amines is 1. The number of sulfone groups is 1. The Hall–Kier alpha value is -1.37. The van der Waals surface area contributed by atoms with Gasteiger partial charge >= 0.3 is 0 Å². The van der Waals surface area contributed by atoms with Crippen molar-refractivity contribution in [2.24, 2.45) is 0 Å². The van der Waals surface area contributed by atoms with Crippen molar-refractivity contribution in [3.8, 4) is 0 Å². The van der Waals surface area contributed by atoms with Crippen molar-refractivity contribution >= 4 is 15.7 Å². The molecule has 0 bridgehead atoms. The number of aryl methyl sites for hydroxylation is 1. The second-order valence-electron chi connectivity index (χ2n) is 5.88. The summed E-state index contributed by atoms with van der Waals surface area (Å²) in [5.41, 5.74) is 2.60. The first-order chi connectivity index (χ1) is 10.0. The van der Waals surface area contributed by atoms with Gasteiger partial charge in [0.05, 0.1) is 11.5 Å². The molecule has 1 saturated heterocycles. The standard InChI is InChI=1S/C14H21N3O3S/c1-2-17(10-7-8-21(19,20)9-10)14(18)13-11-5-3-4-6-12(11)15-16-13/h10H,2-9H2,1H3,(H,15,16). The van der Waals surface area contributed by atoms with E-state index >= 15 is 0 Å². The lowest BCUT2D eigenvalue weighted by Crippen LogP contribution is -2.41. The van der Waals surface area contributed by atoms with Gasteiger partial charge in [0.1, 0.15) is 0 Å². The van der Waals surface area contributed by atoms with Crippen LogP contribution in [-0.4, -0.2) is 53.5 Å². The molecule has 1 aliphatic heterocycles. The molecule has 1 aliphatic carbocycles. The highest BCUT2D eigenvalue weighted by Gasteiger charge is 2.36. The van der Waals surface area contributed by atoms with Crippen LogP contribution in [0.3, 0.4) is 0 Å². The quantitative estimate of drug-likeness (QED) is 0.900. The molecule has 7 heteroatoms. The number of carbonyl (C=O) groups excluding carboxylic acids is 1. The summed E-state index contributed by atoms with van der Waals surface area (Å²) in [6.07, 6.45) is 4.57. The minimum Gasteiger partial charge on any atom is -0.333 e. The Labute approximate surface area is 124 Å². The average molecular weight is 311 g/mol. The first-order valence-electron chi connectivity index (χ1n) is 7.59. The molecule has 1 aromatic rings. The number of H-pyrrole nitrogens is 1. The lowest BCUT2D eigenvalue weighted by atomic mass is 9.95. The Morgan fingerprint density at radius 1 is 1.38 bits per heavy atom. The largest absolute Gasteiger partial charge is 0.333 e. The van der Waals surface area contributed by atoms with Crippen LogP contribution in [0.1, 0.15) is 47.9 Å². The number of hydrogen-bond donors (Lipinski definition) is 1. The van der Waals surface area contributed by atoms with Gasteiger partial charge < -0.3 is 4.90 Å². The Balaban J connectivity index is 1.84. The van der Waals surface area contributed by atoms with E-state index in [2.05, 4.69) is 10.2 Å². The molecule has 1 amide bonds. The Bertz CT molecular complexity index is 650. The summed E-state index contributed by atoms with van der Waals surface area (Å²) in [5, 5.41) is 7.19. The minimum atomic E-state index is -2.99. The fourth-order valence-electron chi connectivity index (χ4n) is 3.38. The third kappa shape index (κ3) is 2.71. The van der Waals surface area contributed by atoms with Crippen LogP contribution in [0.4, 0.5) is 0 Å². The van der Waals surface area contributed by atoms with Gasteiger partial charge in [0.25, 0.3) is 5.91 Å². The van der Waals surface area contributed by atoms with Crippen molar-refractivity contribution in [1.82, 2.24) is 15.1 Å². The molecule has 116 valence electrons. The first-order valence-corrected chi connectivity index (χ1v) is 9.41. The molecular formula is C14H21N3O3S. The number of carbonyl (C=O) groups is 1. The predicted molar refractivity (Wildman–Crippen MR) is 79.0 cm³/mol. The maximum Gasteiger partial charge on any atom is 0.274 e. The maximum absolute atomic E-state index is 12.8. The smallest absolute Gasteiger partial charge is 0.274 e. The SMILES string of the molecule is CCN(C(=O)c1n[nH]c2c1CCCC2)C1CCS(=O)(=O)C1. The number of nitrogens with zero attached hydrogens (tertiary/aromatic N) is 2. The zero-order valence-corrected chi connectivity index (χ0v) is 13.1. The lowest BCUT2D eigenvalue weighted by Gasteiger charge is -2.26. The average Bonchev–Trinajstić information content (AvgIpc) is 3.03. The molecule has 1 aromatic heterocycles. The van der Waals surface area contributed by atoms with Crippen LogP contribution >= 0.6 is 0 Å². The fraction of sp³-hybridized carbons (Fsp3) is 0.714. The van der Waals surface area contributed by atoms with Crippen molar-refractivity contribution in [1.29, 1.82) is 0 Å². The molecule has 1 atom stereocenters. The summed E-state index contributed by atoms with van der Waals surface area (Å²) in [6.45, 7) is 2.41. The third-order valence-corrected chi connectivity index (χ3v) is 6.26. The highest BCUT2D eigenvalue weighted by molar-refractivity contribution is 7.91. The van der Waals surface area contributed by atoms with Crippen molar-refractivity contribution < 1.29 is 13.2 Å². The summed E-state index contributed by atoms with van der Waals surface area (Å²) in [4.78, 5) is 14.4. The molecule has 1 fully saturated rings. The van der Waals surface area contributed by atoms with Crippen molar-refractivity contribution in [2.45, 2.75) is 45.1 Å². The van der Waals surface area contributed by atoms with Gasteiger partial charge in [-0.25, -0.2) is 8.42 Å². The molecule has 0 spiro atoms. The third-order valence-electron chi connectivity index (χ3n) is 4.51. The van der Waals surface area contributed by atoms with Crippen molar-refractivity contribution in [3.05, 3.63) is 17.0 Å². The maximum atomic E-state index is 12.8. The normalized spacial score (nSPS) is 23.8. The van der Waals surface area contributed by atoms with Gasteiger partial charge in [-0.2, -0.15) is 5.10 Å². The summed E-state index contributed by atoms with van der Waals surface area (Å²) < 4.78 is 23.3. The topological polar surface area (TPSA) is 83.1 Å². The van der Waals surface area contributed by atoms with Crippen LogP contribution in [0.2, 0.25) is 0 Å². The number of amides is 1. The Morgan fingerprint density at radius 2 is 2.14 bits per heavy atom. The molecule has 0 radical (unpaired) electrons. The van der Waals surface area contributed by atoms with Crippen LogP contribution in [0.25, 0.3) is 0 Å². The van der Waals surface area contributed by atoms with Gasteiger partial charge in [0, 0.05) is 23.8 Å². The zero-order valence-electron chi connectivity index (χ0n) is 12.3. The van der Waals surface area contributed by atoms with E-state index < -0.39 is 9.84 Å². The second kappa shape index (κ2) is 5.44. The monoisotopic (exact) mass is 311 g/mol. The van der Waals surface area contributed by atoms with E-state index in [0.29, 0.717) is 18.7 Å². The minimum absolute atomic E-state index is 0.0825. The van der Waals surface area contributed by atoms with E-state index in [0.717, 1.165) is 36.9 Å². The summed E-state index contributed by atoms with van der Waals surface area (Å²) in [7, 11) is -2.99. The number of fused-ring (bicyclic) bond motifs is 1. The van der Waals surface area contributed by atoms with Gasteiger partial charge in [-0.3, -0.25) is 9.89 Å². The van der Waals surface area contributed by atoms with Crippen molar-refractivity contribution in [2.75, 3.05) is 18.1 Å². The van der Waals surface area contributed by atoms with E-state index in [1.807, 2.05) is 6.92 Å². The van der Waals surface area contributed by atoms with Gasteiger partial charge in [0.2, 0.25) is 0 Å². The van der Waals surface area contributed by atoms with Gasteiger partial charge in [-0.15, -0.1) is 0 Å². The van der Waals surface area contributed by atoms with Gasteiger partial charge in [0.15, 0.2) is 15.5 Å². The molecule has 6 nitrogen and oxygen atoms in total. The van der Waals surface area contributed by atoms with Gasteiger partial charge in [-0.05, 0) is 39.0 Å². The summed E-state index contributed by atoms with van der Waals surface area (Å²) in [5.74, 6) is 0.137. The molecule has 1 N–H and O–H groups in total.